The van der Waals surface area contributed by atoms with Gasteiger partial charge in [0.15, 0.2) is 0 Å². The Morgan fingerprint density at radius 1 is 0.841 bits per heavy atom. The van der Waals surface area contributed by atoms with Crippen LogP contribution in [0.3, 0.4) is 0 Å². The SMILES string of the molecule is CC(C)[C@H]1CCN(C(=O)[C@@H](NC(=O)N[C@H](C(=O)OC2CCC2)C(C)(C)C)C(C)(C)C)[C@@H]1C(=O)NC(CC1CC1)C(=O)C(N)=O. The zero-order valence-electron chi connectivity index (χ0n) is 27.7. The van der Waals surface area contributed by atoms with Gasteiger partial charge in [0.05, 0.1) is 6.04 Å². The van der Waals surface area contributed by atoms with E-state index in [-0.39, 0.29) is 30.4 Å². The summed E-state index contributed by atoms with van der Waals surface area (Å²) in [5.74, 6) is -3.36. The monoisotopic (exact) mass is 619 g/mol. The third-order valence-corrected chi connectivity index (χ3v) is 9.10. The number of primary amides is 1. The molecule has 0 aromatic rings. The van der Waals surface area contributed by atoms with Crippen molar-refractivity contribution in [2.75, 3.05) is 6.54 Å². The predicted molar refractivity (Wildman–Crippen MR) is 164 cm³/mol. The zero-order chi connectivity index (χ0) is 33.1. The molecule has 44 heavy (non-hydrogen) atoms. The number of ketones is 1. The molecule has 0 spiro atoms. The Morgan fingerprint density at radius 2 is 1.41 bits per heavy atom. The highest BCUT2D eigenvalue weighted by molar-refractivity contribution is 6.37. The summed E-state index contributed by atoms with van der Waals surface area (Å²) in [7, 11) is 0. The number of carbonyl (C=O) groups excluding carboxylic acids is 6. The Bertz CT molecular complexity index is 1120. The lowest BCUT2D eigenvalue weighted by Crippen LogP contribution is -2.62. The number of nitrogens with one attached hydrogen (secondary N) is 3. The highest BCUT2D eigenvalue weighted by Gasteiger charge is 2.48. The van der Waals surface area contributed by atoms with E-state index in [4.69, 9.17) is 10.5 Å². The Balaban J connectivity index is 1.81. The Kier molecular flexibility index (Phi) is 11.1. The summed E-state index contributed by atoms with van der Waals surface area (Å²) in [6.07, 6.45) is 5.16. The molecule has 1 unspecified atom stereocenters. The summed E-state index contributed by atoms with van der Waals surface area (Å²) in [6.45, 7) is 15.1. The van der Waals surface area contributed by atoms with Gasteiger partial charge in [0.2, 0.25) is 17.6 Å². The van der Waals surface area contributed by atoms with E-state index in [0.29, 0.717) is 12.8 Å². The van der Waals surface area contributed by atoms with Crippen LogP contribution in [0, 0.1) is 28.6 Å². The summed E-state index contributed by atoms with van der Waals surface area (Å²) < 4.78 is 5.59. The van der Waals surface area contributed by atoms with Gasteiger partial charge < -0.3 is 31.3 Å². The van der Waals surface area contributed by atoms with Crippen molar-refractivity contribution in [1.29, 1.82) is 0 Å². The molecule has 2 saturated carbocycles. The van der Waals surface area contributed by atoms with Gasteiger partial charge in [-0.25, -0.2) is 9.59 Å². The van der Waals surface area contributed by atoms with Crippen LogP contribution in [0.1, 0.15) is 100 Å². The quantitative estimate of drug-likeness (QED) is 0.191. The number of ether oxygens (including phenoxy) is 1. The third-order valence-electron chi connectivity index (χ3n) is 9.10. The molecule has 1 heterocycles. The average molecular weight is 620 g/mol. The first-order chi connectivity index (χ1) is 20.3. The number of rotatable bonds is 12. The van der Waals surface area contributed by atoms with Gasteiger partial charge in [0.25, 0.3) is 5.91 Å². The minimum Gasteiger partial charge on any atom is -0.461 e. The molecule has 5 N–H and O–H groups in total. The molecule has 12 nitrogen and oxygen atoms in total. The Morgan fingerprint density at radius 3 is 1.86 bits per heavy atom. The molecule has 0 aromatic heterocycles. The van der Waals surface area contributed by atoms with Gasteiger partial charge in [-0.3, -0.25) is 19.2 Å². The lowest BCUT2D eigenvalue weighted by molar-refractivity contribution is -0.158. The Hall–Kier alpha value is -3.18. The molecule has 3 aliphatic rings. The molecule has 5 atom stereocenters. The lowest BCUT2D eigenvalue weighted by atomic mass is 9.84. The molecule has 5 amide bonds. The van der Waals surface area contributed by atoms with Crippen molar-refractivity contribution in [2.45, 2.75) is 131 Å². The fourth-order valence-electron chi connectivity index (χ4n) is 5.91. The smallest absolute Gasteiger partial charge is 0.329 e. The summed E-state index contributed by atoms with van der Waals surface area (Å²) in [5.41, 5.74) is 3.87. The van der Waals surface area contributed by atoms with Crippen molar-refractivity contribution in [2.24, 2.45) is 34.3 Å². The second-order valence-electron chi connectivity index (χ2n) is 15.3. The van der Waals surface area contributed by atoms with Crippen molar-refractivity contribution in [3.8, 4) is 0 Å². The van der Waals surface area contributed by atoms with E-state index in [0.717, 1.165) is 32.1 Å². The summed E-state index contributed by atoms with van der Waals surface area (Å²) in [4.78, 5) is 80.1. The van der Waals surface area contributed by atoms with Crippen LogP contribution in [0.5, 0.6) is 0 Å². The summed E-state index contributed by atoms with van der Waals surface area (Å²) in [6, 6.07) is -4.63. The molecule has 1 aliphatic heterocycles. The summed E-state index contributed by atoms with van der Waals surface area (Å²) >= 11 is 0. The standard InChI is InChI=1S/C32H53N5O7/c1-17(2)20-14-15-37(22(20)27(40)34-21(16-18-12-13-18)23(38)26(33)39)28(41)24(31(3,4)5)35-30(43)36-25(32(6,7)8)29(42)44-19-10-9-11-19/h17-22,24-25H,9-16H2,1-8H3,(H2,33,39)(H,34,40)(H2,35,36,43)/t20-,21?,22+,24-,25-/m1/s1. The maximum absolute atomic E-state index is 14.2. The van der Waals surface area contributed by atoms with Gasteiger partial charge in [0, 0.05) is 6.54 Å². The van der Waals surface area contributed by atoms with Gasteiger partial charge in [0.1, 0.15) is 24.2 Å². The van der Waals surface area contributed by atoms with Crippen LogP contribution in [0.15, 0.2) is 0 Å². The molecular formula is C32H53N5O7. The maximum atomic E-state index is 14.2. The largest absolute Gasteiger partial charge is 0.461 e. The summed E-state index contributed by atoms with van der Waals surface area (Å²) in [5, 5.41) is 8.27. The topological polar surface area (TPSA) is 177 Å². The molecule has 3 fully saturated rings. The van der Waals surface area contributed by atoms with Crippen LogP contribution in [-0.2, 0) is 28.7 Å². The first-order valence-corrected chi connectivity index (χ1v) is 16.0. The molecule has 2 aliphatic carbocycles. The van der Waals surface area contributed by atoms with Crippen molar-refractivity contribution in [1.82, 2.24) is 20.9 Å². The molecule has 248 valence electrons. The first kappa shape index (κ1) is 35.3. The minimum absolute atomic E-state index is 0.0378. The number of urea groups is 1. The van der Waals surface area contributed by atoms with E-state index < -0.39 is 70.5 Å². The highest BCUT2D eigenvalue weighted by atomic mass is 16.5. The highest BCUT2D eigenvalue weighted by Crippen LogP contribution is 2.36. The number of carbonyl (C=O) groups is 6. The van der Waals surface area contributed by atoms with E-state index in [1.54, 1.807) is 0 Å². The number of Topliss-reactive ketones (excluding diaryl/α,β-unsaturated/α-hetero) is 1. The Labute approximate surface area is 261 Å². The van der Waals surface area contributed by atoms with E-state index in [1.165, 1.54) is 4.90 Å². The van der Waals surface area contributed by atoms with Crippen LogP contribution in [-0.4, -0.2) is 77.2 Å². The van der Waals surface area contributed by atoms with Crippen LogP contribution in [0.25, 0.3) is 0 Å². The molecule has 12 heteroatoms. The van der Waals surface area contributed by atoms with Crippen molar-refractivity contribution in [3.63, 3.8) is 0 Å². The van der Waals surface area contributed by atoms with Gasteiger partial charge in [-0.15, -0.1) is 0 Å². The number of hydrogen-bond acceptors (Lipinski definition) is 7. The van der Waals surface area contributed by atoms with E-state index >= 15 is 0 Å². The lowest BCUT2D eigenvalue weighted by Gasteiger charge is -2.38. The van der Waals surface area contributed by atoms with Crippen molar-refractivity contribution in [3.05, 3.63) is 0 Å². The van der Waals surface area contributed by atoms with Crippen LogP contribution < -0.4 is 21.7 Å². The fourth-order valence-corrected chi connectivity index (χ4v) is 5.91. The number of nitrogens with two attached hydrogens (primary N) is 1. The zero-order valence-corrected chi connectivity index (χ0v) is 27.7. The fraction of sp³-hybridized carbons (Fsp3) is 0.812. The molecule has 1 saturated heterocycles. The maximum Gasteiger partial charge on any atom is 0.329 e. The van der Waals surface area contributed by atoms with E-state index in [1.807, 2.05) is 55.4 Å². The normalized spacial score (nSPS) is 22.8. The number of hydrogen-bond donors (Lipinski definition) is 4. The molecule has 0 bridgehead atoms. The minimum atomic E-state index is -1.11. The molecular weight excluding hydrogens is 566 g/mol. The predicted octanol–water partition coefficient (Wildman–Crippen LogP) is 2.42. The van der Waals surface area contributed by atoms with Gasteiger partial charge >= 0.3 is 12.0 Å². The van der Waals surface area contributed by atoms with E-state index in [9.17, 15) is 28.8 Å². The number of esters is 1. The second-order valence-corrected chi connectivity index (χ2v) is 15.3. The van der Waals surface area contributed by atoms with E-state index in [2.05, 4.69) is 16.0 Å². The molecule has 3 rings (SSSR count). The number of nitrogens with zero attached hydrogens (tertiary/aromatic N) is 1. The second kappa shape index (κ2) is 13.9. The van der Waals surface area contributed by atoms with Crippen LogP contribution in [0.4, 0.5) is 4.79 Å². The van der Waals surface area contributed by atoms with Crippen molar-refractivity contribution < 1.29 is 33.5 Å². The van der Waals surface area contributed by atoms with Crippen LogP contribution >= 0.6 is 0 Å². The number of likely N-dealkylation sites (tertiary alicyclic amines) is 1. The average Bonchev–Trinajstić information content (AvgIpc) is 3.58. The van der Waals surface area contributed by atoms with Gasteiger partial charge in [-0.05, 0) is 60.7 Å². The third kappa shape index (κ3) is 8.94. The molecule has 0 radical (unpaired) electrons. The number of amides is 5. The van der Waals surface area contributed by atoms with Crippen molar-refractivity contribution >= 4 is 35.5 Å². The first-order valence-electron chi connectivity index (χ1n) is 16.0. The van der Waals surface area contributed by atoms with Crippen LogP contribution in [0.2, 0.25) is 0 Å². The molecule has 0 aromatic carbocycles. The van der Waals surface area contributed by atoms with Gasteiger partial charge in [-0.1, -0.05) is 68.2 Å². The van der Waals surface area contributed by atoms with Gasteiger partial charge in [-0.2, -0.15) is 0 Å².